The summed E-state index contributed by atoms with van der Waals surface area (Å²) < 4.78 is 11.9. The summed E-state index contributed by atoms with van der Waals surface area (Å²) >= 11 is 0. The van der Waals surface area contributed by atoms with Gasteiger partial charge in [0.1, 0.15) is 0 Å². The molecule has 0 aliphatic heterocycles. The van der Waals surface area contributed by atoms with E-state index < -0.39 is 10.8 Å². The van der Waals surface area contributed by atoms with Crippen LogP contribution in [0.3, 0.4) is 0 Å². The molecule has 0 spiro atoms. The van der Waals surface area contributed by atoms with Gasteiger partial charge in [0.2, 0.25) is 0 Å². The Morgan fingerprint density at radius 2 is 2.00 bits per heavy atom. The molecule has 2 aliphatic rings. The maximum Gasteiger partial charge on any atom is 0.191 e. The standard InChI is InChI=1S/C14H27N3OS.HI/c1-4-19(18)12-7-5-6-11(9-12)16-14(15-3)17-13-8-10(13)2;/h10-13H,4-9H2,1-3H3,(H2,15,16,17);1H. The van der Waals surface area contributed by atoms with Gasteiger partial charge in [0.25, 0.3) is 0 Å². The van der Waals surface area contributed by atoms with Crippen LogP contribution in [0.2, 0.25) is 0 Å². The topological polar surface area (TPSA) is 53.5 Å². The van der Waals surface area contributed by atoms with E-state index in [1.165, 1.54) is 19.3 Å². The first-order valence-electron chi connectivity index (χ1n) is 7.51. The first kappa shape index (κ1) is 18.2. The second-order valence-electron chi connectivity index (χ2n) is 5.84. The van der Waals surface area contributed by atoms with Crippen molar-refractivity contribution in [2.75, 3.05) is 12.8 Å². The highest BCUT2D eigenvalue weighted by atomic mass is 127. The second-order valence-corrected chi connectivity index (χ2v) is 7.84. The Morgan fingerprint density at radius 1 is 1.30 bits per heavy atom. The molecule has 0 saturated heterocycles. The molecule has 118 valence electrons. The van der Waals surface area contributed by atoms with Gasteiger partial charge in [-0.05, 0) is 31.6 Å². The lowest BCUT2D eigenvalue weighted by Gasteiger charge is -2.30. The van der Waals surface area contributed by atoms with Gasteiger partial charge in [-0.1, -0.05) is 20.3 Å². The van der Waals surface area contributed by atoms with Crippen LogP contribution in [-0.2, 0) is 10.8 Å². The molecule has 2 saturated carbocycles. The van der Waals surface area contributed by atoms with Gasteiger partial charge in [-0.15, -0.1) is 24.0 Å². The number of hydrogen-bond acceptors (Lipinski definition) is 2. The van der Waals surface area contributed by atoms with Crippen molar-refractivity contribution in [3.05, 3.63) is 0 Å². The van der Waals surface area contributed by atoms with Gasteiger partial charge >= 0.3 is 0 Å². The minimum Gasteiger partial charge on any atom is -0.354 e. The van der Waals surface area contributed by atoms with Gasteiger partial charge in [0.15, 0.2) is 5.96 Å². The van der Waals surface area contributed by atoms with Crippen LogP contribution in [-0.4, -0.2) is 40.3 Å². The third kappa shape index (κ3) is 5.16. The molecule has 0 radical (unpaired) electrons. The summed E-state index contributed by atoms with van der Waals surface area (Å²) in [4.78, 5) is 4.31. The largest absolute Gasteiger partial charge is 0.354 e. The van der Waals surface area contributed by atoms with Gasteiger partial charge in [-0.3, -0.25) is 9.20 Å². The summed E-state index contributed by atoms with van der Waals surface area (Å²) in [5.41, 5.74) is 0. The van der Waals surface area contributed by atoms with E-state index in [1.807, 2.05) is 14.0 Å². The summed E-state index contributed by atoms with van der Waals surface area (Å²) in [7, 11) is 1.17. The van der Waals surface area contributed by atoms with Crippen LogP contribution >= 0.6 is 24.0 Å². The monoisotopic (exact) mass is 413 g/mol. The molecule has 2 rings (SSSR count). The van der Waals surface area contributed by atoms with E-state index in [9.17, 15) is 4.21 Å². The highest BCUT2D eigenvalue weighted by Crippen LogP contribution is 2.29. The van der Waals surface area contributed by atoms with E-state index in [-0.39, 0.29) is 24.0 Å². The zero-order valence-corrected chi connectivity index (χ0v) is 15.9. The molecule has 5 atom stereocenters. The Labute approximate surface area is 142 Å². The van der Waals surface area contributed by atoms with E-state index in [2.05, 4.69) is 22.5 Å². The minimum absolute atomic E-state index is 0. The van der Waals surface area contributed by atoms with Crippen molar-refractivity contribution < 1.29 is 4.21 Å². The summed E-state index contributed by atoms with van der Waals surface area (Å²) in [6, 6.07) is 1.02. The highest BCUT2D eigenvalue weighted by Gasteiger charge is 2.34. The number of aliphatic imine (C=N–C) groups is 1. The summed E-state index contributed by atoms with van der Waals surface area (Å²) in [5.74, 6) is 2.47. The summed E-state index contributed by atoms with van der Waals surface area (Å²) in [6.45, 7) is 4.27. The average molecular weight is 413 g/mol. The Hall–Kier alpha value is 0.150. The van der Waals surface area contributed by atoms with Crippen molar-refractivity contribution >= 4 is 40.7 Å². The lowest BCUT2D eigenvalue weighted by Crippen LogP contribution is -2.47. The molecule has 2 fully saturated rings. The zero-order valence-electron chi connectivity index (χ0n) is 12.7. The number of nitrogens with zero attached hydrogens (tertiary/aromatic N) is 1. The van der Waals surface area contributed by atoms with Crippen LogP contribution in [0.4, 0.5) is 0 Å². The molecule has 0 aromatic carbocycles. The Kier molecular flexibility index (Phi) is 7.79. The first-order valence-corrected chi connectivity index (χ1v) is 8.89. The number of hydrogen-bond donors (Lipinski definition) is 2. The summed E-state index contributed by atoms with van der Waals surface area (Å²) in [5, 5.41) is 7.34. The van der Waals surface area contributed by atoms with Crippen molar-refractivity contribution in [2.24, 2.45) is 10.9 Å². The zero-order chi connectivity index (χ0) is 13.8. The molecule has 0 bridgehead atoms. The molecular formula is C14H28IN3OS. The van der Waals surface area contributed by atoms with Crippen LogP contribution in [0.5, 0.6) is 0 Å². The van der Waals surface area contributed by atoms with Crippen LogP contribution in [0, 0.1) is 5.92 Å². The van der Waals surface area contributed by atoms with Crippen LogP contribution in [0.15, 0.2) is 4.99 Å². The molecule has 2 aliphatic carbocycles. The van der Waals surface area contributed by atoms with Crippen LogP contribution in [0.1, 0.15) is 46.0 Å². The molecule has 0 amide bonds. The van der Waals surface area contributed by atoms with E-state index in [4.69, 9.17) is 0 Å². The van der Waals surface area contributed by atoms with Crippen LogP contribution in [0.25, 0.3) is 0 Å². The normalized spacial score (nSPS) is 34.9. The second kappa shape index (κ2) is 8.56. The van der Waals surface area contributed by atoms with Gasteiger partial charge < -0.3 is 10.6 Å². The molecular weight excluding hydrogens is 385 g/mol. The Bertz CT molecular complexity index is 364. The molecule has 0 heterocycles. The molecule has 0 aromatic heterocycles. The SMILES string of the molecule is CCS(=O)C1CCCC(NC(=NC)NC2CC2C)C1.I. The predicted octanol–water partition coefficient (Wildman–Crippen LogP) is 2.26. The van der Waals surface area contributed by atoms with E-state index in [0.717, 1.165) is 30.5 Å². The van der Waals surface area contributed by atoms with E-state index in [1.54, 1.807) is 0 Å². The van der Waals surface area contributed by atoms with Gasteiger partial charge in [-0.25, -0.2) is 0 Å². The lowest BCUT2D eigenvalue weighted by atomic mass is 9.95. The molecule has 5 unspecified atom stereocenters. The maximum absolute atomic E-state index is 11.9. The van der Waals surface area contributed by atoms with Gasteiger partial charge in [0, 0.05) is 40.9 Å². The van der Waals surface area contributed by atoms with Crippen molar-refractivity contribution in [1.82, 2.24) is 10.6 Å². The molecule has 2 N–H and O–H groups in total. The van der Waals surface area contributed by atoms with Crippen molar-refractivity contribution in [3.8, 4) is 0 Å². The van der Waals surface area contributed by atoms with Gasteiger partial charge in [-0.2, -0.15) is 0 Å². The molecule has 0 aromatic rings. The fourth-order valence-corrected chi connectivity index (χ4v) is 4.16. The predicted molar refractivity (Wildman–Crippen MR) is 97.3 cm³/mol. The quantitative estimate of drug-likeness (QED) is 0.422. The minimum atomic E-state index is -0.655. The summed E-state index contributed by atoms with van der Waals surface area (Å²) in [6.07, 6.45) is 5.71. The smallest absolute Gasteiger partial charge is 0.191 e. The molecule has 20 heavy (non-hydrogen) atoms. The molecule has 6 heteroatoms. The lowest BCUT2D eigenvalue weighted by molar-refractivity contribution is 0.413. The third-order valence-electron chi connectivity index (χ3n) is 4.28. The number of rotatable bonds is 4. The number of guanidine groups is 1. The van der Waals surface area contributed by atoms with Crippen molar-refractivity contribution in [3.63, 3.8) is 0 Å². The Morgan fingerprint density at radius 3 is 2.55 bits per heavy atom. The van der Waals surface area contributed by atoms with Crippen molar-refractivity contribution in [1.29, 1.82) is 0 Å². The fraction of sp³-hybridized carbons (Fsp3) is 0.929. The molecule has 4 nitrogen and oxygen atoms in total. The number of halogens is 1. The maximum atomic E-state index is 11.9. The fourth-order valence-electron chi connectivity index (χ4n) is 2.81. The van der Waals surface area contributed by atoms with Crippen molar-refractivity contribution in [2.45, 2.75) is 63.3 Å². The van der Waals surface area contributed by atoms with E-state index in [0.29, 0.717) is 17.3 Å². The Balaban J connectivity index is 0.00000200. The number of nitrogens with one attached hydrogen (secondary N) is 2. The van der Waals surface area contributed by atoms with Gasteiger partial charge in [0.05, 0.1) is 0 Å². The highest BCUT2D eigenvalue weighted by molar-refractivity contribution is 14.0. The average Bonchev–Trinajstić information content (AvgIpc) is 3.12. The first-order chi connectivity index (χ1) is 9.13. The van der Waals surface area contributed by atoms with E-state index >= 15 is 0 Å². The van der Waals surface area contributed by atoms with Crippen LogP contribution < -0.4 is 10.6 Å². The third-order valence-corrected chi connectivity index (χ3v) is 6.02.